The van der Waals surface area contributed by atoms with Gasteiger partial charge in [0.1, 0.15) is 6.54 Å². The lowest BCUT2D eigenvalue weighted by Gasteiger charge is -2.18. The Balaban J connectivity index is 2.66. The summed E-state index contributed by atoms with van der Waals surface area (Å²) in [5.41, 5.74) is 3.99. The fourth-order valence-corrected chi connectivity index (χ4v) is 2.14. The number of rotatable bonds is 5. The van der Waals surface area contributed by atoms with Gasteiger partial charge < -0.3 is 15.5 Å². The first-order valence-corrected chi connectivity index (χ1v) is 6.82. The molecule has 0 saturated heterocycles. The molecule has 5 nitrogen and oxygen atoms in total. The number of likely N-dealkylation sites (N-methyl/N-ethyl adjacent to an activating group) is 1. The number of aryl methyl sites for hydroxylation is 3. The minimum atomic E-state index is -0.303. The van der Waals surface area contributed by atoms with Gasteiger partial charge in [0, 0.05) is 19.3 Å². The molecular weight excluding hydrogens is 266 g/mol. The summed E-state index contributed by atoms with van der Waals surface area (Å²) in [6.45, 7) is 9.82. The Hall–Kier alpha value is -2.30. The van der Waals surface area contributed by atoms with Crippen LogP contribution in [0.3, 0.4) is 0 Å². The number of hydrogen-bond acceptors (Lipinski definition) is 2. The summed E-state index contributed by atoms with van der Waals surface area (Å²) in [6, 6.07) is 3.73. The van der Waals surface area contributed by atoms with Gasteiger partial charge in [-0.3, -0.25) is 4.79 Å². The zero-order chi connectivity index (χ0) is 16.0. The van der Waals surface area contributed by atoms with Gasteiger partial charge in [-0.05, 0) is 31.9 Å². The van der Waals surface area contributed by atoms with E-state index in [-0.39, 0.29) is 18.5 Å². The first-order chi connectivity index (χ1) is 9.85. The normalized spacial score (nSPS) is 9.90. The minimum Gasteiger partial charge on any atom is -0.335 e. The maximum absolute atomic E-state index is 12.0. The Morgan fingerprint density at radius 1 is 1.24 bits per heavy atom. The van der Waals surface area contributed by atoms with E-state index >= 15 is 0 Å². The lowest BCUT2D eigenvalue weighted by Crippen LogP contribution is -2.41. The highest BCUT2D eigenvalue weighted by Crippen LogP contribution is 2.21. The Morgan fingerprint density at radius 3 is 2.33 bits per heavy atom. The molecule has 114 valence electrons. The van der Waals surface area contributed by atoms with E-state index in [1.807, 2.05) is 32.9 Å². The molecule has 0 heterocycles. The van der Waals surface area contributed by atoms with Crippen molar-refractivity contribution in [1.82, 2.24) is 10.2 Å². The van der Waals surface area contributed by atoms with Crippen LogP contribution in [0.1, 0.15) is 16.7 Å². The van der Waals surface area contributed by atoms with Crippen molar-refractivity contribution < 1.29 is 9.59 Å². The Labute approximate surface area is 126 Å². The van der Waals surface area contributed by atoms with E-state index < -0.39 is 0 Å². The third kappa shape index (κ3) is 4.95. The lowest BCUT2D eigenvalue weighted by molar-refractivity contribution is -0.116. The quantitative estimate of drug-likeness (QED) is 0.818. The van der Waals surface area contributed by atoms with Crippen molar-refractivity contribution >= 4 is 17.6 Å². The summed E-state index contributed by atoms with van der Waals surface area (Å²) in [5, 5.41) is 5.49. The van der Waals surface area contributed by atoms with E-state index in [0.717, 1.165) is 22.4 Å². The highest BCUT2D eigenvalue weighted by molar-refractivity contribution is 5.95. The molecule has 5 heteroatoms. The van der Waals surface area contributed by atoms with Crippen molar-refractivity contribution in [2.24, 2.45) is 0 Å². The molecule has 2 N–H and O–H groups in total. The van der Waals surface area contributed by atoms with Crippen LogP contribution in [0.15, 0.2) is 24.8 Å². The predicted molar refractivity (Wildman–Crippen MR) is 85.5 cm³/mol. The monoisotopic (exact) mass is 289 g/mol. The number of carbonyl (C=O) groups is 2. The molecule has 0 spiro atoms. The third-order valence-corrected chi connectivity index (χ3v) is 3.07. The van der Waals surface area contributed by atoms with Gasteiger partial charge in [-0.2, -0.15) is 0 Å². The summed E-state index contributed by atoms with van der Waals surface area (Å²) in [5.74, 6) is -0.221. The van der Waals surface area contributed by atoms with Gasteiger partial charge in [-0.1, -0.05) is 23.8 Å². The molecule has 0 saturated carbocycles. The van der Waals surface area contributed by atoms with E-state index in [9.17, 15) is 9.59 Å². The number of nitrogens with zero attached hydrogens (tertiary/aromatic N) is 1. The van der Waals surface area contributed by atoms with Crippen molar-refractivity contribution in [2.45, 2.75) is 20.8 Å². The van der Waals surface area contributed by atoms with Crippen LogP contribution in [0.2, 0.25) is 0 Å². The van der Waals surface area contributed by atoms with Gasteiger partial charge in [0.05, 0.1) is 0 Å². The highest BCUT2D eigenvalue weighted by atomic mass is 16.2. The predicted octanol–water partition coefficient (Wildman–Crippen LogP) is 2.38. The van der Waals surface area contributed by atoms with Crippen LogP contribution in [0.4, 0.5) is 10.5 Å². The molecule has 0 atom stereocenters. The van der Waals surface area contributed by atoms with Gasteiger partial charge in [0.2, 0.25) is 5.91 Å². The molecule has 0 radical (unpaired) electrons. The highest BCUT2D eigenvalue weighted by Gasteiger charge is 2.13. The largest absolute Gasteiger partial charge is 0.335 e. The van der Waals surface area contributed by atoms with Gasteiger partial charge in [-0.15, -0.1) is 6.58 Å². The summed E-state index contributed by atoms with van der Waals surface area (Å²) < 4.78 is 0. The Morgan fingerprint density at radius 2 is 1.81 bits per heavy atom. The van der Waals surface area contributed by atoms with E-state index in [1.165, 1.54) is 4.90 Å². The van der Waals surface area contributed by atoms with Crippen molar-refractivity contribution in [3.63, 3.8) is 0 Å². The zero-order valence-electron chi connectivity index (χ0n) is 13.1. The number of anilines is 1. The molecule has 0 aliphatic rings. The molecule has 0 aliphatic carbocycles. The van der Waals surface area contributed by atoms with Gasteiger partial charge >= 0.3 is 6.03 Å². The van der Waals surface area contributed by atoms with Gasteiger partial charge in [-0.25, -0.2) is 4.79 Å². The lowest BCUT2D eigenvalue weighted by atomic mass is 10.1. The second kappa shape index (κ2) is 7.47. The van der Waals surface area contributed by atoms with Gasteiger partial charge in [0.25, 0.3) is 0 Å². The van der Waals surface area contributed by atoms with Crippen LogP contribution in [-0.2, 0) is 4.79 Å². The molecule has 0 aliphatic heterocycles. The summed E-state index contributed by atoms with van der Waals surface area (Å²) in [6.07, 6.45) is 1.59. The molecular formula is C16H23N3O2. The van der Waals surface area contributed by atoms with Gasteiger partial charge in [0.15, 0.2) is 0 Å². The minimum absolute atomic E-state index is 0.00423. The van der Waals surface area contributed by atoms with Crippen LogP contribution < -0.4 is 10.6 Å². The van der Waals surface area contributed by atoms with Crippen LogP contribution in [-0.4, -0.2) is 37.0 Å². The Bertz CT molecular complexity index is 529. The molecule has 0 unspecified atom stereocenters. The van der Waals surface area contributed by atoms with Crippen molar-refractivity contribution in [3.8, 4) is 0 Å². The summed E-state index contributed by atoms with van der Waals surface area (Å²) in [4.78, 5) is 25.0. The molecule has 3 amide bonds. The smallest absolute Gasteiger partial charge is 0.317 e. The number of hydrogen-bond donors (Lipinski definition) is 2. The number of urea groups is 1. The first kappa shape index (κ1) is 16.8. The van der Waals surface area contributed by atoms with Crippen molar-refractivity contribution in [2.75, 3.05) is 25.5 Å². The molecule has 1 aromatic carbocycles. The van der Waals surface area contributed by atoms with E-state index in [0.29, 0.717) is 6.54 Å². The fourth-order valence-electron chi connectivity index (χ4n) is 2.14. The van der Waals surface area contributed by atoms with Crippen LogP contribution in [0.5, 0.6) is 0 Å². The molecule has 0 bridgehead atoms. The van der Waals surface area contributed by atoms with E-state index in [2.05, 4.69) is 17.2 Å². The Kier molecular flexibility index (Phi) is 5.96. The van der Waals surface area contributed by atoms with Crippen LogP contribution in [0.25, 0.3) is 0 Å². The number of benzene rings is 1. The average molecular weight is 289 g/mol. The molecule has 21 heavy (non-hydrogen) atoms. The summed E-state index contributed by atoms with van der Waals surface area (Å²) in [7, 11) is 1.58. The van der Waals surface area contributed by atoms with Crippen molar-refractivity contribution in [3.05, 3.63) is 41.5 Å². The number of nitrogens with one attached hydrogen (secondary N) is 2. The molecule has 0 fully saturated rings. The second-order valence-corrected chi connectivity index (χ2v) is 5.15. The summed E-state index contributed by atoms with van der Waals surface area (Å²) >= 11 is 0. The zero-order valence-corrected chi connectivity index (χ0v) is 13.1. The molecule has 1 rings (SSSR count). The SMILES string of the molecule is C=CCNC(=O)N(C)CC(=O)Nc1c(C)cc(C)cc1C. The molecule has 1 aromatic rings. The van der Waals surface area contributed by atoms with Crippen LogP contribution in [0, 0.1) is 20.8 Å². The van der Waals surface area contributed by atoms with E-state index in [1.54, 1.807) is 13.1 Å². The standard InChI is InChI=1S/C16H23N3O2/c1-6-7-17-16(21)19(5)10-14(20)18-15-12(3)8-11(2)9-13(15)4/h6,8-9H,1,7,10H2,2-5H3,(H,17,21)(H,18,20). The third-order valence-electron chi connectivity index (χ3n) is 3.07. The number of amides is 3. The second-order valence-electron chi connectivity index (χ2n) is 5.15. The van der Waals surface area contributed by atoms with Crippen LogP contribution >= 0.6 is 0 Å². The maximum Gasteiger partial charge on any atom is 0.317 e. The molecule has 0 aromatic heterocycles. The fraction of sp³-hybridized carbons (Fsp3) is 0.375. The number of carbonyl (C=O) groups excluding carboxylic acids is 2. The van der Waals surface area contributed by atoms with E-state index in [4.69, 9.17) is 0 Å². The van der Waals surface area contributed by atoms with Crippen molar-refractivity contribution in [1.29, 1.82) is 0 Å². The topological polar surface area (TPSA) is 61.4 Å². The average Bonchev–Trinajstić information content (AvgIpc) is 2.39. The first-order valence-electron chi connectivity index (χ1n) is 6.82. The maximum atomic E-state index is 12.0.